The van der Waals surface area contributed by atoms with Crippen molar-refractivity contribution in [2.75, 3.05) is 31.6 Å². The molecule has 1 aromatic carbocycles. The second-order valence-corrected chi connectivity index (χ2v) is 8.64. The van der Waals surface area contributed by atoms with Crippen LogP contribution in [0.1, 0.15) is 23.0 Å². The molecule has 1 atom stereocenters. The summed E-state index contributed by atoms with van der Waals surface area (Å²) in [6, 6.07) is 10.1. The van der Waals surface area contributed by atoms with Crippen molar-refractivity contribution in [2.24, 2.45) is 0 Å². The molecule has 1 fully saturated rings. The van der Waals surface area contributed by atoms with E-state index >= 15 is 0 Å². The number of fused-ring (bicyclic) bond motifs is 3. The third-order valence-electron chi connectivity index (χ3n) is 6.33. The number of anilines is 1. The van der Waals surface area contributed by atoms with Gasteiger partial charge in [0, 0.05) is 50.9 Å². The van der Waals surface area contributed by atoms with Crippen molar-refractivity contribution in [2.45, 2.75) is 19.5 Å². The number of hydrogen-bond acceptors (Lipinski definition) is 6. The van der Waals surface area contributed by atoms with E-state index in [1.165, 1.54) is 12.1 Å². The van der Waals surface area contributed by atoms with Gasteiger partial charge in [-0.05, 0) is 48.9 Å². The van der Waals surface area contributed by atoms with Crippen molar-refractivity contribution in [3.63, 3.8) is 0 Å². The fraction of sp³-hybridized carbons (Fsp3) is 0.280. The van der Waals surface area contributed by atoms with Gasteiger partial charge in [0.2, 0.25) is 0 Å². The number of piperazine rings is 1. The number of carbonyl (C=O) groups is 1. The maximum absolute atomic E-state index is 13.6. The van der Waals surface area contributed by atoms with Gasteiger partial charge in [0.1, 0.15) is 11.5 Å². The number of aromatic nitrogens is 3. The summed E-state index contributed by atoms with van der Waals surface area (Å²) < 4.78 is 13.6. The number of carbonyl (C=O) groups excluding carboxylic acids is 1. The van der Waals surface area contributed by atoms with Gasteiger partial charge in [0.15, 0.2) is 0 Å². The molecule has 4 heterocycles. The molecule has 4 aromatic rings. The average Bonchev–Trinajstić information content (AvgIpc) is 2.84. The first kappa shape index (κ1) is 22.0. The van der Waals surface area contributed by atoms with Gasteiger partial charge >= 0.3 is 0 Å². The van der Waals surface area contributed by atoms with E-state index in [0.29, 0.717) is 34.0 Å². The van der Waals surface area contributed by atoms with Crippen LogP contribution in [0.25, 0.3) is 21.8 Å². The van der Waals surface area contributed by atoms with Crippen molar-refractivity contribution < 1.29 is 9.18 Å². The first-order valence-electron chi connectivity index (χ1n) is 11.2. The Hall–Kier alpha value is -3.85. The maximum Gasteiger partial charge on any atom is 0.269 e. The highest BCUT2D eigenvalue weighted by molar-refractivity contribution is 6.02. The molecule has 34 heavy (non-hydrogen) atoms. The number of nitrogens with zero attached hydrogens (tertiary/aromatic N) is 4. The summed E-state index contributed by atoms with van der Waals surface area (Å²) in [7, 11) is 1.59. The van der Waals surface area contributed by atoms with E-state index in [9.17, 15) is 14.0 Å². The molecule has 0 spiro atoms. The molecule has 1 aliphatic rings. The van der Waals surface area contributed by atoms with Gasteiger partial charge in [0.25, 0.3) is 11.5 Å². The minimum atomic E-state index is -0.444. The lowest BCUT2D eigenvalue weighted by molar-refractivity contribution is 0.0958. The molecule has 3 aromatic heterocycles. The van der Waals surface area contributed by atoms with Crippen LogP contribution >= 0.6 is 0 Å². The van der Waals surface area contributed by atoms with Crippen molar-refractivity contribution in [3.8, 4) is 0 Å². The van der Waals surface area contributed by atoms with Gasteiger partial charge < -0.3 is 15.2 Å². The topological polar surface area (TPSA) is 94.2 Å². The number of halogens is 1. The number of amides is 1. The van der Waals surface area contributed by atoms with Gasteiger partial charge in [-0.2, -0.15) is 0 Å². The third kappa shape index (κ3) is 4.10. The number of H-pyrrole nitrogens is 1. The number of benzene rings is 1. The molecule has 8 nitrogen and oxygen atoms in total. The SMILES string of the molecule is CNC(=O)c1ccc(N2CCN(Cc3cnc4c(c3)[nH]c(=O)c3cc(F)ccc34)CC2C)cn1. The van der Waals surface area contributed by atoms with Crippen molar-refractivity contribution in [1.82, 2.24) is 25.2 Å². The quantitative estimate of drug-likeness (QED) is 0.455. The van der Waals surface area contributed by atoms with E-state index < -0.39 is 5.82 Å². The molecule has 0 saturated carbocycles. The molecular formula is C25H25FN6O2. The van der Waals surface area contributed by atoms with Crippen LogP contribution in [0.2, 0.25) is 0 Å². The molecule has 174 valence electrons. The predicted molar refractivity (Wildman–Crippen MR) is 130 cm³/mol. The number of pyridine rings is 3. The van der Waals surface area contributed by atoms with Gasteiger partial charge in [-0.15, -0.1) is 0 Å². The Morgan fingerprint density at radius 2 is 2.00 bits per heavy atom. The van der Waals surface area contributed by atoms with Crippen molar-refractivity contribution in [3.05, 3.63) is 76.2 Å². The lowest BCUT2D eigenvalue weighted by Gasteiger charge is -2.41. The molecule has 0 bridgehead atoms. The van der Waals surface area contributed by atoms with Crippen LogP contribution in [0.5, 0.6) is 0 Å². The monoisotopic (exact) mass is 460 g/mol. The Morgan fingerprint density at radius 3 is 2.74 bits per heavy atom. The van der Waals surface area contributed by atoms with E-state index in [4.69, 9.17) is 0 Å². The minimum absolute atomic E-state index is 0.199. The molecule has 1 aliphatic heterocycles. The molecule has 5 rings (SSSR count). The Balaban J connectivity index is 1.31. The molecular weight excluding hydrogens is 435 g/mol. The summed E-state index contributed by atoms with van der Waals surface area (Å²) in [4.78, 5) is 40.5. The Kier molecular flexibility index (Phi) is 5.70. The fourth-order valence-electron chi connectivity index (χ4n) is 4.64. The van der Waals surface area contributed by atoms with E-state index in [1.807, 2.05) is 18.3 Å². The summed E-state index contributed by atoms with van der Waals surface area (Å²) in [5, 5.41) is 3.53. The second-order valence-electron chi connectivity index (χ2n) is 8.64. The molecule has 1 unspecified atom stereocenters. The van der Waals surface area contributed by atoms with Crippen LogP contribution < -0.4 is 15.8 Å². The highest BCUT2D eigenvalue weighted by Crippen LogP contribution is 2.23. The van der Waals surface area contributed by atoms with Crippen LogP contribution in [0.15, 0.2) is 53.6 Å². The van der Waals surface area contributed by atoms with Gasteiger partial charge in [-0.25, -0.2) is 9.37 Å². The molecule has 2 N–H and O–H groups in total. The highest BCUT2D eigenvalue weighted by atomic mass is 19.1. The lowest BCUT2D eigenvalue weighted by Crippen LogP contribution is -2.51. The van der Waals surface area contributed by atoms with Crippen LogP contribution in [0.3, 0.4) is 0 Å². The third-order valence-corrected chi connectivity index (χ3v) is 6.33. The van der Waals surface area contributed by atoms with Gasteiger partial charge in [-0.1, -0.05) is 0 Å². The molecule has 1 amide bonds. The first-order valence-corrected chi connectivity index (χ1v) is 11.2. The van der Waals surface area contributed by atoms with E-state index in [1.54, 1.807) is 25.4 Å². The van der Waals surface area contributed by atoms with Crippen LogP contribution in [-0.2, 0) is 6.54 Å². The summed E-state index contributed by atoms with van der Waals surface area (Å²) in [6.45, 7) is 5.41. The Labute approximate surface area is 195 Å². The molecule has 0 radical (unpaired) electrons. The molecule has 9 heteroatoms. The molecule has 0 aliphatic carbocycles. The fourth-order valence-corrected chi connectivity index (χ4v) is 4.64. The summed E-state index contributed by atoms with van der Waals surface area (Å²) >= 11 is 0. The predicted octanol–water partition coefficient (Wildman–Crippen LogP) is 2.68. The summed E-state index contributed by atoms with van der Waals surface area (Å²) in [5.74, 6) is -0.643. The largest absolute Gasteiger partial charge is 0.365 e. The van der Waals surface area contributed by atoms with Crippen molar-refractivity contribution in [1.29, 1.82) is 0 Å². The smallest absolute Gasteiger partial charge is 0.269 e. The second kappa shape index (κ2) is 8.83. The minimum Gasteiger partial charge on any atom is -0.365 e. The number of nitrogens with one attached hydrogen (secondary N) is 2. The molecule has 1 saturated heterocycles. The zero-order valence-electron chi connectivity index (χ0n) is 19.0. The lowest BCUT2D eigenvalue weighted by atomic mass is 10.1. The standard InChI is InChI=1S/C25H25FN6O2/c1-15-13-31(7-8-32(15)18-4-6-21(28-12-18)25(34)27-2)14-16-9-22-23(29-11-16)19-5-3-17(26)10-20(19)24(33)30-22/h3-6,9-12,15H,7-8,13-14H2,1-2H3,(H,27,34)(H,30,33). The van der Waals surface area contributed by atoms with Crippen LogP contribution in [0, 0.1) is 5.82 Å². The summed E-state index contributed by atoms with van der Waals surface area (Å²) in [5.41, 5.74) is 3.38. The van der Waals surface area contributed by atoms with Crippen LogP contribution in [-0.4, -0.2) is 58.5 Å². The normalized spacial score (nSPS) is 16.8. The summed E-state index contributed by atoms with van der Waals surface area (Å²) in [6.07, 6.45) is 3.57. The van der Waals surface area contributed by atoms with Gasteiger partial charge in [0.05, 0.1) is 28.3 Å². The average molecular weight is 461 g/mol. The zero-order chi connectivity index (χ0) is 23.8. The zero-order valence-corrected chi connectivity index (χ0v) is 19.0. The van der Waals surface area contributed by atoms with Crippen molar-refractivity contribution >= 4 is 33.4 Å². The number of aromatic amines is 1. The van der Waals surface area contributed by atoms with E-state index in [0.717, 1.165) is 30.9 Å². The Morgan fingerprint density at radius 1 is 1.15 bits per heavy atom. The first-order chi connectivity index (χ1) is 16.4. The number of rotatable bonds is 4. The highest BCUT2D eigenvalue weighted by Gasteiger charge is 2.24. The van der Waals surface area contributed by atoms with Crippen LogP contribution in [0.4, 0.5) is 10.1 Å². The van der Waals surface area contributed by atoms with E-state index in [2.05, 4.69) is 37.0 Å². The van der Waals surface area contributed by atoms with E-state index in [-0.39, 0.29) is 17.5 Å². The number of hydrogen-bond donors (Lipinski definition) is 2. The van der Waals surface area contributed by atoms with Gasteiger partial charge in [-0.3, -0.25) is 19.5 Å². The Bertz CT molecular complexity index is 1440. The maximum atomic E-state index is 13.6.